The van der Waals surface area contributed by atoms with Gasteiger partial charge in [0, 0.05) is 0 Å². The Balaban J connectivity index is 2.73. The van der Waals surface area contributed by atoms with Crippen molar-refractivity contribution in [2.45, 2.75) is 25.8 Å². The van der Waals surface area contributed by atoms with Crippen LogP contribution in [0.25, 0.3) is 0 Å². The predicted molar refractivity (Wildman–Crippen MR) is 51.8 cm³/mol. The van der Waals surface area contributed by atoms with Crippen LogP contribution in [0.1, 0.15) is 19.8 Å². The normalized spacial score (nSPS) is 28.9. The first-order valence-electron chi connectivity index (χ1n) is 4.93. The number of piperidine rings is 1. The molecule has 0 aromatic rings. The van der Waals surface area contributed by atoms with Crippen LogP contribution in [0, 0.1) is 5.92 Å². The van der Waals surface area contributed by atoms with Crippen molar-refractivity contribution < 1.29 is 14.3 Å². The van der Waals surface area contributed by atoms with Crippen LogP contribution in [0.5, 0.6) is 0 Å². The van der Waals surface area contributed by atoms with Crippen LogP contribution in [-0.4, -0.2) is 43.4 Å². The monoisotopic (exact) mass is 199 g/mol. The number of hydrogen-bond donors (Lipinski definition) is 0. The predicted octanol–water partition coefficient (Wildman–Crippen LogP) is 0.459. The zero-order valence-electron chi connectivity index (χ0n) is 8.95. The molecule has 0 aromatic heterocycles. The van der Waals surface area contributed by atoms with Gasteiger partial charge in [0.15, 0.2) is 5.78 Å². The lowest BCUT2D eigenvalue weighted by Gasteiger charge is -2.33. The maximum Gasteiger partial charge on any atom is 0.316 e. The molecular weight excluding hydrogens is 182 g/mol. The molecule has 0 N–H and O–H groups in total. The summed E-state index contributed by atoms with van der Waals surface area (Å²) in [5, 5.41) is 0. The Morgan fingerprint density at radius 1 is 1.64 bits per heavy atom. The highest BCUT2D eigenvalue weighted by atomic mass is 16.5. The largest absolute Gasteiger partial charge is 0.468 e. The highest BCUT2D eigenvalue weighted by Gasteiger charge is 2.38. The Hall–Kier alpha value is -0.900. The van der Waals surface area contributed by atoms with Gasteiger partial charge in [0.05, 0.1) is 13.2 Å². The van der Waals surface area contributed by atoms with Gasteiger partial charge in [-0.15, -0.1) is 0 Å². The quantitative estimate of drug-likeness (QED) is 0.479. The van der Waals surface area contributed by atoms with Crippen molar-refractivity contribution >= 4 is 11.8 Å². The van der Waals surface area contributed by atoms with E-state index >= 15 is 0 Å². The number of likely N-dealkylation sites (tertiary alicyclic amines) is 1. The number of hydrogen-bond acceptors (Lipinski definition) is 4. The van der Waals surface area contributed by atoms with Gasteiger partial charge in [-0.3, -0.25) is 14.5 Å². The fourth-order valence-electron chi connectivity index (χ4n) is 1.97. The number of methoxy groups -OCH3 is 1. The van der Waals surface area contributed by atoms with Crippen molar-refractivity contribution in [3.63, 3.8) is 0 Å². The minimum atomic E-state index is -0.541. The van der Waals surface area contributed by atoms with E-state index in [2.05, 4.69) is 4.74 Å². The zero-order chi connectivity index (χ0) is 10.7. The summed E-state index contributed by atoms with van der Waals surface area (Å²) in [5.41, 5.74) is 0. The minimum Gasteiger partial charge on any atom is -0.468 e. The standard InChI is InChI=1S/C10H17NO3/c1-4-8-9(12)7(10(13)14-3)5-6-11(8)2/h7-8H,4-6H2,1-3H3. The molecule has 0 amide bonds. The number of carbonyl (C=O) groups is 2. The lowest BCUT2D eigenvalue weighted by atomic mass is 9.88. The van der Waals surface area contributed by atoms with Crippen molar-refractivity contribution in [2.24, 2.45) is 5.92 Å². The molecule has 2 unspecified atom stereocenters. The molecule has 0 aromatic carbocycles. The summed E-state index contributed by atoms with van der Waals surface area (Å²) in [6.07, 6.45) is 1.33. The molecule has 1 aliphatic rings. The summed E-state index contributed by atoms with van der Waals surface area (Å²) >= 11 is 0. The van der Waals surface area contributed by atoms with E-state index in [1.165, 1.54) is 7.11 Å². The number of likely N-dealkylation sites (N-methyl/N-ethyl adjacent to an activating group) is 1. The molecule has 1 fully saturated rings. The Kier molecular flexibility index (Phi) is 3.63. The second-order valence-electron chi connectivity index (χ2n) is 3.67. The molecular formula is C10H17NO3. The van der Waals surface area contributed by atoms with Gasteiger partial charge >= 0.3 is 5.97 Å². The van der Waals surface area contributed by atoms with E-state index in [0.29, 0.717) is 6.42 Å². The fourth-order valence-corrected chi connectivity index (χ4v) is 1.97. The molecule has 1 saturated heterocycles. The van der Waals surface area contributed by atoms with E-state index in [1.54, 1.807) is 0 Å². The van der Waals surface area contributed by atoms with E-state index in [0.717, 1.165) is 13.0 Å². The lowest BCUT2D eigenvalue weighted by molar-refractivity contribution is -0.153. The van der Waals surface area contributed by atoms with Crippen LogP contribution in [0.4, 0.5) is 0 Å². The number of nitrogens with zero attached hydrogens (tertiary/aromatic N) is 1. The third-order valence-electron chi connectivity index (χ3n) is 2.85. The molecule has 1 aliphatic heterocycles. The zero-order valence-corrected chi connectivity index (χ0v) is 8.95. The van der Waals surface area contributed by atoms with Crippen molar-refractivity contribution in [1.29, 1.82) is 0 Å². The van der Waals surface area contributed by atoms with Crippen LogP contribution >= 0.6 is 0 Å². The second-order valence-corrected chi connectivity index (χ2v) is 3.67. The Morgan fingerprint density at radius 2 is 2.29 bits per heavy atom. The molecule has 0 aliphatic carbocycles. The molecule has 80 valence electrons. The molecule has 2 atom stereocenters. The average Bonchev–Trinajstić information content (AvgIpc) is 2.18. The molecule has 4 nitrogen and oxygen atoms in total. The van der Waals surface area contributed by atoms with E-state index in [4.69, 9.17) is 0 Å². The first-order chi connectivity index (χ1) is 6.61. The Bertz CT molecular complexity index is 240. The van der Waals surface area contributed by atoms with Gasteiger partial charge < -0.3 is 4.74 Å². The molecule has 0 spiro atoms. The van der Waals surface area contributed by atoms with E-state index in [9.17, 15) is 9.59 Å². The van der Waals surface area contributed by atoms with Crippen LogP contribution in [0.3, 0.4) is 0 Å². The maximum atomic E-state index is 11.8. The van der Waals surface area contributed by atoms with Crippen LogP contribution in [0.15, 0.2) is 0 Å². The number of esters is 1. The molecule has 0 bridgehead atoms. The van der Waals surface area contributed by atoms with E-state index in [1.807, 2.05) is 18.9 Å². The van der Waals surface area contributed by atoms with Crippen LogP contribution in [0.2, 0.25) is 0 Å². The third kappa shape index (κ3) is 1.95. The average molecular weight is 199 g/mol. The fraction of sp³-hybridized carbons (Fsp3) is 0.800. The van der Waals surface area contributed by atoms with Crippen molar-refractivity contribution in [2.75, 3.05) is 20.7 Å². The summed E-state index contributed by atoms with van der Waals surface area (Å²) < 4.78 is 4.61. The van der Waals surface area contributed by atoms with Crippen molar-refractivity contribution in [1.82, 2.24) is 4.90 Å². The van der Waals surface area contributed by atoms with Gasteiger partial charge in [0.2, 0.25) is 0 Å². The Morgan fingerprint density at radius 3 is 2.79 bits per heavy atom. The number of carbonyl (C=O) groups excluding carboxylic acids is 2. The highest BCUT2D eigenvalue weighted by molar-refractivity contribution is 6.02. The smallest absolute Gasteiger partial charge is 0.316 e. The third-order valence-corrected chi connectivity index (χ3v) is 2.85. The summed E-state index contributed by atoms with van der Waals surface area (Å²) in [6.45, 7) is 2.74. The molecule has 1 heterocycles. The first-order valence-corrected chi connectivity index (χ1v) is 4.93. The topological polar surface area (TPSA) is 46.6 Å². The molecule has 14 heavy (non-hydrogen) atoms. The van der Waals surface area contributed by atoms with E-state index < -0.39 is 5.92 Å². The van der Waals surface area contributed by atoms with E-state index in [-0.39, 0.29) is 17.8 Å². The van der Waals surface area contributed by atoms with Crippen molar-refractivity contribution in [3.8, 4) is 0 Å². The van der Waals surface area contributed by atoms with Gasteiger partial charge in [-0.25, -0.2) is 0 Å². The van der Waals surface area contributed by atoms with Gasteiger partial charge in [-0.05, 0) is 26.4 Å². The molecule has 1 rings (SSSR count). The molecule has 0 radical (unpaired) electrons. The van der Waals surface area contributed by atoms with Gasteiger partial charge in [0.25, 0.3) is 0 Å². The molecule has 4 heteroatoms. The number of rotatable bonds is 2. The lowest BCUT2D eigenvalue weighted by Crippen LogP contribution is -2.49. The highest BCUT2D eigenvalue weighted by Crippen LogP contribution is 2.21. The molecule has 0 saturated carbocycles. The summed E-state index contributed by atoms with van der Waals surface area (Å²) in [4.78, 5) is 25.1. The second kappa shape index (κ2) is 4.55. The van der Waals surface area contributed by atoms with Crippen LogP contribution < -0.4 is 0 Å². The minimum absolute atomic E-state index is 0.00750. The van der Waals surface area contributed by atoms with Gasteiger partial charge in [-0.1, -0.05) is 6.92 Å². The van der Waals surface area contributed by atoms with Gasteiger partial charge in [-0.2, -0.15) is 0 Å². The Labute approximate surface area is 84.2 Å². The number of ether oxygens (including phenoxy) is 1. The SMILES string of the molecule is CCC1C(=O)C(C(=O)OC)CCN1C. The summed E-state index contributed by atoms with van der Waals surface area (Å²) in [6, 6.07) is -0.118. The maximum absolute atomic E-state index is 11.8. The summed E-state index contributed by atoms with van der Waals surface area (Å²) in [5.74, 6) is -0.921. The summed E-state index contributed by atoms with van der Waals surface area (Å²) in [7, 11) is 3.24. The first kappa shape index (κ1) is 11.2. The van der Waals surface area contributed by atoms with Crippen LogP contribution in [-0.2, 0) is 14.3 Å². The number of ketones is 1. The van der Waals surface area contributed by atoms with Gasteiger partial charge in [0.1, 0.15) is 5.92 Å². The number of Topliss-reactive ketones (excluding diaryl/α,β-unsaturated/α-hetero) is 1. The van der Waals surface area contributed by atoms with Crippen molar-refractivity contribution in [3.05, 3.63) is 0 Å².